The van der Waals surface area contributed by atoms with Gasteiger partial charge in [-0.05, 0) is 42.9 Å². The molecular formula is C22H29N4O2S+. The third-order valence-corrected chi connectivity index (χ3v) is 7.20. The standard InChI is InChI=1S/C22H28N4O2S/c1-15-4-5-17-18(13-15)29-22-20(17)21(23-7-6-16-3-2-10-28-16)24-19(25-22)14-26-8-11-27-12-9-26/h2-3,10,15H,4-9,11-14H2,1H3,(H,23,24,25)/p+1/t15-/m1/s1. The molecule has 0 amide bonds. The molecule has 0 saturated carbocycles. The average molecular weight is 414 g/mol. The smallest absolute Gasteiger partial charge is 0.187 e. The predicted molar refractivity (Wildman–Crippen MR) is 115 cm³/mol. The van der Waals surface area contributed by atoms with Gasteiger partial charge in [-0.2, -0.15) is 0 Å². The van der Waals surface area contributed by atoms with Crippen LogP contribution in [0.4, 0.5) is 5.82 Å². The number of aromatic nitrogens is 2. The second kappa shape index (κ2) is 8.42. The van der Waals surface area contributed by atoms with Gasteiger partial charge < -0.3 is 19.4 Å². The second-order valence-corrected chi connectivity index (χ2v) is 9.40. The number of furan rings is 1. The lowest BCUT2D eigenvalue weighted by molar-refractivity contribution is -0.922. The van der Waals surface area contributed by atoms with E-state index >= 15 is 0 Å². The molecule has 5 rings (SSSR count). The van der Waals surface area contributed by atoms with Crippen LogP contribution in [0.1, 0.15) is 35.4 Å². The van der Waals surface area contributed by atoms with Crippen LogP contribution in [0.25, 0.3) is 10.2 Å². The molecule has 1 aliphatic heterocycles. The molecule has 2 aliphatic rings. The quantitative estimate of drug-likeness (QED) is 0.650. The number of rotatable bonds is 6. The fourth-order valence-corrected chi connectivity index (χ4v) is 5.81. The molecule has 154 valence electrons. The van der Waals surface area contributed by atoms with Gasteiger partial charge in [0.25, 0.3) is 0 Å². The van der Waals surface area contributed by atoms with Crippen molar-refractivity contribution in [3.8, 4) is 0 Å². The lowest BCUT2D eigenvalue weighted by atomic mass is 9.89. The molecule has 3 aromatic rings. The SMILES string of the molecule is C[C@@H]1CCc2c(sc3nc(C[NH+]4CCOCC4)nc(NCCc4ccco4)c23)C1. The summed E-state index contributed by atoms with van der Waals surface area (Å²) in [6.45, 7) is 7.75. The van der Waals surface area contributed by atoms with E-state index in [4.69, 9.17) is 19.1 Å². The number of nitrogens with zero attached hydrogens (tertiary/aromatic N) is 2. The van der Waals surface area contributed by atoms with Crippen LogP contribution in [0.5, 0.6) is 0 Å². The van der Waals surface area contributed by atoms with Crippen molar-refractivity contribution in [2.45, 2.75) is 39.2 Å². The maximum atomic E-state index is 5.50. The van der Waals surface area contributed by atoms with E-state index in [0.29, 0.717) is 0 Å². The van der Waals surface area contributed by atoms with Crippen LogP contribution >= 0.6 is 11.3 Å². The number of aryl methyl sites for hydroxylation is 1. The Balaban J connectivity index is 1.44. The van der Waals surface area contributed by atoms with Crippen molar-refractivity contribution in [1.29, 1.82) is 0 Å². The molecule has 29 heavy (non-hydrogen) atoms. The van der Waals surface area contributed by atoms with Crippen LogP contribution in [0, 0.1) is 5.92 Å². The Morgan fingerprint density at radius 2 is 2.17 bits per heavy atom. The van der Waals surface area contributed by atoms with Crippen molar-refractivity contribution in [3.05, 3.63) is 40.4 Å². The molecule has 2 N–H and O–H groups in total. The van der Waals surface area contributed by atoms with Crippen molar-refractivity contribution >= 4 is 27.4 Å². The van der Waals surface area contributed by atoms with Crippen LogP contribution in [-0.4, -0.2) is 42.8 Å². The molecule has 1 fully saturated rings. The molecule has 1 atom stereocenters. The lowest BCUT2D eigenvalue weighted by Crippen LogP contribution is -3.12. The van der Waals surface area contributed by atoms with Gasteiger partial charge in [0.1, 0.15) is 36.0 Å². The first-order valence-corrected chi connectivity index (χ1v) is 11.6. The largest absolute Gasteiger partial charge is 0.469 e. The summed E-state index contributed by atoms with van der Waals surface area (Å²) in [5.41, 5.74) is 1.48. The van der Waals surface area contributed by atoms with Gasteiger partial charge in [-0.25, -0.2) is 9.97 Å². The van der Waals surface area contributed by atoms with Gasteiger partial charge in [-0.3, -0.25) is 0 Å². The van der Waals surface area contributed by atoms with Crippen molar-refractivity contribution in [1.82, 2.24) is 9.97 Å². The highest BCUT2D eigenvalue weighted by atomic mass is 32.1. The van der Waals surface area contributed by atoms with Crippen LogP contribution in [0.3, 0.4) is 0 Å². The van der Waals surface area contributed by atoms with Gasteiger partial charge in [0.2, 0.25) is 0 Å². The zero-order valence-electron chi connectivity index (χ0n) is 17.0. The van der Waals surface area contributed by atoms with Gasteiger partial charge in [0.05, 0.1) is 24.9 Å². The summed E-state index contributed by atoms with van der Waals surface area (Å²) in [7, 11) is 0. The molecule has 6 nitrogen and oxygen atoms in total. The Morgan fingerprint density at radius 3 is 3.00 bits per heavy atom. The van der Waals surface area contributed by atoms with E-state index in [0.717, 1.165) is 80.4 Å². The first-order valence-electron chi connectivity index (χ1n) is 10.7. The van der Waals surface area contributed by atoms with E-state index in [1.54, 1.807) is 6.26 Å². The van der Waals surface area contributed by atoms with Crippen LogP contribution in [0.15, 0.2) is 22.8 Å². The molecule has 0 spiro atoms. The number of anilines is 1. The number of fused-ring (bicyclic) bond motifs is 3. The Labute approximate surface area is 175 Å². The highest BCUT2D eigenvalue weighted by molar-refractivity contribution is 7.19. The average Bonchev–Trinajstić information content (AvgIpc) is 3.35. The molecule has 0 aromatic carbocycles. The molecular weight excluding hydrogens is 384 g/mol. The third-order valence-electron chi connectivity index (χ3n) is 6.05. The Hall–Kier alpha value is -1.96. The van der Waals surface area contributed by atoms with Crippen molar-refractivity contribution in [2.75, 3.05) is 38.2 Å². The molecule has 1 saturated heterocycles. The van der Waals surface area contributed by atoms with E-state index in [-0.39, 0.29) is 0 Å². The summed E-state index contributed by atoms with van der Waals surface area (Å²) >= 11 is 1.88. The molecule has 7 heteroatoms. The molecule has 3 aromatic heterocycles. The van der Waals surface area contributed by atoms with E-state index in [9.17, 15) is 0 Å². The summed E-state index contributed by atoms with van der Waals surface area (Å²) in [6.07, 6.45) is 6.15. The Bertz CT molecular complexity index is 963. The first kappa shape index (κ1) is 19.0. The zero-order chi connectivity index (χ0) is 19.6. The summed E-state index contributed by atoms with van der Waals surface area (Å²) < 4.78 is 11.0. The lowest BCUT2D eigenvalue weighted by Gasteiger charge is -2.23. The molecule has 0 bridgehead atoms. The maximum Gasteiger partial charge on any atom is 0.187 e. The fraction of sp³-hybridized carbons (Fsp3) is 0.545. The van der Waals surface area contributed by atoms with Gasteiger partial charge >= 0.3 is 0 Å². The molecule has 0 radical (unpaired) electrons. The van der Waals surface area contributed by atoms with E-state index in [1.165, 1.54) is 33.6 Å². The third kappa shape index (κ3) is 4.17. The van der Waals surface area contributed by atoms with Crippen molar-refractivity contribution < 1.29 is 14.1 Å². The maximum absolute atomic E-state index is 5.50. The van der Waals surface area contributed by atoms with E-state index < -0.39 is 0 Å². The van der Waals surface area contributed by atoms with Gasteiger partial charge in [-0.1, -0.05) is 6.92 Å². The van der Waals surface area contributed by atoms with Crippen LogP contribution in [-0.2, 0) is 30.5 Å². The Kier molecular flexibility index (Phi) is 5.52. The normalized spacial score (nSPS) is 20.1. The molecule has 0 unspecified atom stereocenters. The first-order chi connectivity index (χ1) is 14.3. The van der Waals surface area contributed by atoms with Crippen molar-refractivity contribution in [2.24, 2.45) is 5.92 Å². The Morgan fingerprint density at radius 1 is 1.28 bits per heavy atom. The number of hydrogen-bond acceptors (Lipinski definition) is 6. The monoisotopic (exact) mass is 413 g/mol. The van der Waals surface area contributed by atoms with Crippen LogP contribution in [0.2, 0.25) is 0 Å². The second-order valence-electron chi connectivity index (χ2n) is 8.32. The zero-order valence-corrected chi connectivity index (χ0v) is 17.8. The highest BCUT2D eigenvalue weighted by Crippen LogP contribution is 2.40. The summed E-state index contributed by atoms with van der Waals surface area (Å²) in [5.74, 6) is 3.72. The summed E-state index contributed by atoms with van der Waals surface area (Å²) in [5, 5.41) is 4.87. The van der Waals surface area contributed by atoms with Crippen molar-refractivity contribution in [3.63, 3.8) is 0 Å². The number of hydrogen-bond donors (Lipinski definition) is 2. The van der Waals surface area contributed by atoms with Gasteiger partial charge in [0, 0.05) is 17.8 Å². The van der Waals surface area contributed by atoms with Gasteiger partial charge in [0.15, 0.2) is 5.82 Å². The minimum atomic E-state index is 0.760. The number of thiophene rings is 1. The molecule has 1 aliphatic carbocycles. The highest BCUT2D eigenvalue weighted by Gasteiger charge is 2.25. The predicted octanol–water partition coefficient (Wildman–Crippen LogP) is 2.48. The minimum absolute atomic E-state index is 0.760. The fourth-order valence-electron chi connectivity index (χ4n) is 4.41. The van der Waals surface area contributed by atoms with Crippen LogP contribution < -0.4 is 10.2 Å². The topological polar surface area (TPSA) is 64.6 Å². The molecule has 4 heterocycles. The number of nitrogens with one attached hydrogen (secondary N) is 2. The number of ether oxygens (including phenoxy) is 1. The van der Waals surface area contributed by atoms with Gasteiger partial charge in [-0.15, -0.1) is 11.3 Å². The number of quaternary nitrogens is 1. The van der Waals surface area contributed by atoms with E-state index in [2.05, 4.69) is 12.2 Å². The minimum Gasteiger partial charge on any atom is -0.469 e. The summed E-state index contributed by atoms with van der Waals surface area (Å²) in [4.78, 5) is 14.2. The van der Waals surface area contributed by atoms with E-state index in [1.807, 2.05) is 23.5 Å². The summed E-state index contributed by atoms with van der Waals surface area (Å²) in [6, 6.07) is 3.97. The number of morpholine rings is 1.